The lowest BCUT2D eigenvalue weighted by Gasteiger charge is -2.36. The van der Waals surface area contributed by atoms with E-state index in [-0.39, 0.29) is 24.0 Å². The van der Waals surface area contributed by atoms with Gasteiger partial charge in [0.2, 0.25) is 5.91 Å². The van der Waals surface area contributed by atoms with Gasteiger partial charge in [0.05, 0.1) is 6.61 Å². The van der Waals surface area contributed by atoms with Crippen LogP contribution in [-0.2, 0) is 4.79 Å². The number of aliphatic hydroxyl groups is 1. The Hall–Kier alpha value is -0.570. The molecule has 1 saturated carbocycles. The van der Waals surface area contributed by atoms with E-state index in [1.165, 1.54) is 6.42 Å². The zero-order chi connectivity index (χ0) is 8.60. The minimum atomic E-state index is -0.102. The largest absolute Gasteiger partial charge is 0.396 e. The molecule has 2 fully saturated rings. The van der Waals surface area contributed by atoms with E-state index in [0.29, 0.717) is 6.42 Å². The number of carbonyl (C=O) groups excluding carboxylic acids is 1. The zero-order valence-corrected chi connectivity index (χ0v) is 7.18. The van der Waals surface area contributed by atoms with Crippen LogP contribution < -0.4 is 5.32 Å². The summed E-state index contributed by atoms with van der Waals surface area (Å²) in [5, 5.41) is 12.2. The van der Waals surface area contributed by atoms with Gasteiger partial charge in [-0.3, -0.25) is 4.79 Å². The number of amides is 1. The molecule has 68 valence electrons. The highest BCUT2D eigenvalue weighted by Gasteiger charge is 2.47. The van der Waals surface area contributed by atoms with Gasteiger partial charge in [-0.05, 0) is 12.8 Å². The van der Waals surface area contributed by atoms with Crippen LogP contribution in [0.15, 0.2) is 0 Å². The average Bonchev–Trinajstić information content (AvgIpc) is 2.41. The number of rotatable bonds is 1. The second-order valence-electron chi connectivity index (χ2n) is 4.06. The second-order valence-corrected chi connectivity index (χ2v) is 4.06. The molecule has 0 aromatic heterocycles. The molecule has 1 saturated heterocycles. The Bertz CT molecular complexity index is 205. The molecule has 1 amide bonds. The number of hydrogen-bond acceptors (Lipinski definition) is 2. The first-order valence-corrected chi connectivity index (χ1v) is 4.67. The van der Waals surface area contributed by atoms with Gasteiger partial charge in [0, 0.05) is 17.9 Å². The van der Waals surface area contributed by atoms with Crippen molar-refractivity contribution < 1.29 is 9.90 Å². The van der Waals surface area contributed by atoms with Crippen LogP contribution in [-0.4, -0.2) is 23.7 Å². The highest BCUT2D eigenvalue weighted by molar-refractivity contribution is 5.80. The molecule has 1 heterocycles. The molecule has 0 aromatic rings. The lowest BCUT2D eigenvalue weighted by atomic mass is 9.71. The van der Waals surface area contributed by atoms with Crippen LogP contribution in [0.1, 0.15) is 32.1 Å². The van der Waals surface area contributed by atoms with Crippen molar-refractivity contribution in [3.63, 3.8) is 0 Å². The Kier molecular flexibility index (Phi) is 1.83. The van der Waals surface area contributed by atoms with Gasteiger partial charge in [0.15, 0.2) is 0 Å². The summed E-state index contributed by atoms with van der Waals surface area (Å²) in [4.78, 5) is 11.2. The molecule has 0 radical (unpaired) electrons. The van der Waals surface area contributed by atoms with Gasteiger partial charge < -0.3 is 10.4 Å². The Morgan fingerprint density at radius 2 is 2.42 bits per heavy atom. The monoisotopic (exact) mass is 169 g/mol. The maximum Gasteiger partial charge on any atom is 0.220 e. The quantitative estimate of drug-likeness (QED) is 0.598. The summed E-state index contributed by atoms with van der Waals surface area (Å²) in [6.07, 6.45) is 4.94. The normalized spacial score (nSPS) is 40.8. The van der Waals surface area contributed by atoms with Crippen molar-refractivity contribution in [2.75, 3.05) is 6.61 Å². The van der Waals surface area contributed by atoms with Crippen molar-refractivity contribution in [3.8, 4) is 0 Å². The Morgan fingerprint density at radius 3 is 3.08 bits per heavy atom. The SMILES string of the molecule is O=C1CC2(CO)CCCCC2N1. The third-order valence-electron chi connectivity index (χ3n) is 3.32. The van der Waals surface area contributed by atoms with Crippen molar-refractivity contribution >= 4 is 5.91 Å². The predicted molar refractivity (Wildman–Crippen MR) is 44.5 cm³/mol. The molecule has 12 heavy (non-hydrogen) atoms. The minimum Gasteiger partial charge on any atom is -0.396 e. The summed E-state index contributed by atoms with van der Waals surface area (Å²) in [6.45, 7) is 0.163. The summed E-state index contributed by atoms with van der Waals surface area (Å²) >= 11 is 0. The Labute approximate surface area is 72.2 Å². The van der Waals surface area contributed by atoms with Crippen molar-refractivity contribution in [3.05, 3.63) is 0 Å². The van der Waals surface area contributed by atoms with Crippen molar-refractivity contribution in [1.29, 1.82) is 0 Å². The van der Waals surface area contributed by atoms with Crippen LogP contribution >= 0.6 is 0 Å². The number of aliphatic hydroxyl groups excluding tert-OH is 1. The van der Waals surface area contributed by atoms with Gasteiger partial charge in [0.25, 0.3) is 0 Å². The molecular weight excluding hydrogens is 154 g/mol. The van der Waals surface area contributed by atoms with Crippen molar-refractivity contribution in [1.82, 2.24) is 5.32 Å². The fourth-order valence-corrected chi connectivity index (χ4v) is 2.55. The number of carbonyl (C=O) groups is 1. The van der Waals surface area contributed by atoms with Gasteiger partial charge in [-0.15, -0.1) is 0 Å². The van der Waals surface area contributed by atoms with Crippen LogP contribution in [0.2, 0.25) is 0 Å². The van der Waals surface area contributed by atoms with Crippen LogP contribution in [0.25, 0.3) is 0 Å². The average molecular weight is 169 g/mol. The predicted octanol–water partition coefficient (Wildman–Crippen LogP) is 0.428. The molecule has 2 N–H and O–H groups in total. The first-order valence-electron chi connectivity index (χ1n) is 4.67. The maximum absolute atomic E-state index is 11.2. The summed E-state index contributed by atoms with van der Waals surface area (Å²) in [7, 11) is 0. The molecule has 0 aromatic carbocycles. The van der Waals surface area contributed by atoms with Crippen LogP contribution in [0.4, 0.5) is 0 Å². The number of nitrogens with one attached hydrogen (secondary N) is 1. The van der Waals surface area contributed by atoms with E-state index in [2.05, 4.69) is 5.32 Å². The van der Waals surface area contributed by atoms with E-state index in [9.17, 15) is 9.90 Å². The highest BCUT2D eigenvalue weighted by Crippen LogP contribution is 2.42. The number of fused-ring (bicyclic) bond motifs is 1. The molecule has 2 aliphatic rings. The van der Waals surface area contributed by atoms with Gasteiger partial charge in [-0.1, -0.05) is 12.8 Å². The molecule has 1 aliphatic carbocycles. The van der Waals surface area contributed by atoms with Crippen molar-refractivity contribution in [2.45, 2.75) is 38.1 Å². The second kappa shape index (κ2) is 2.73. The lowest BCUT2D eigenvalue weighted by molar-refractivity contribution is -0.120. The molecule has 2 unspecified atom stereocenters. The standard InChI is InChI=1S/C9H15NO2/c11-6-9-4-2-1-3-7(9)10-8(12)5-9/h7,11H,1-6H2,(H,10,12). The fraction of sp³-hybridized carbons (Fsp3) is 0.889. The maximum atomic E-state index is 11.2. The zero-order valence-electron chi connectivity index (χ0n) is 7.18. The fourth-order valence-electron chi connectivity index (χ4n) is 2.55. The van der Waals surface area contributed by atoms with E-state index < -0.39 is 0 Å². The summed E-state index contributed by atoms with van der Waals surface area (Å²) < 4.78 is 0. The molecule has 2 atom stereocenters. The van der Waals surface area contributed by atoms with Crippen LogP contribution in [0, 0.1) is 5.41 Å². The Morgan fingerprint density at radius 1 is 1.58 bits per heavy atom. The topological polar surface area (TPSA) is 49.3 Å². The highest BCUT2D eigenvalue weighted by atomic mass is 16.3. The Balaban J connectivity index is 2.19. The lowest BCUT2D eigenvalue weighted by Crippen LogP contribution is -2.42. The summed E-state index contributed by atoms with van der Waals surface area (Å²) in [5.41, 5.74) is -0.102. The molecular formula is C9H15NO2. The van der Waals surface area contributed by atoms with E-state index >= 15 is 0 Å². The van der Waals surface area contributed by atoms with E-state index in [1.807, 2.05) is 0 Å². The summed E-state index contributed by atoms with van der Waals surface area (Å²) in [5.74, 6) is 0.121. The molecule has 0 spiro atoms. The van der Waals surface area contributed by atoms with Crippen LogP contribution in [0.5, 0.6) is 0 Å². The minimum absolute atomic E-state index is 0.102. The molecule has 3 heteroatoms. The molecule has 1 aliphatic heterocycles. The van der Waals surface area contributed by atoms with Gasteiger partial charge in [0.1, 0.15) is 0 Å². The van der Waals surface area contributed by atoms with Gasteiger partial charge in [-0.25, -0.2) is 0 Å². The van der Waals surface area contributed by atoms with E-state index in [0.717, 1.165) is 19.3 Å². The molecule has 2 rings (SSSR count). The smallest absolute Gasteiger partial charge is 0.220 e. The third-order valence-corrected chi connectivity index (χ3v) is 3.32. The van der Waals surface area contributed by atoms with Crippen molar-refractivity contribution in [2.24, 2.45) is 5.41 Å². The van der Waals surface area contributed by atoms with E-state index in [1.54, 1.807) is 0 Å². The summed E-state index contributed by atoms with van der Waals surface area (Å²) in [6, 6.07) is 0.253. The molecule has 0 bridgehead atoms. The first-order chi connectivity index (χ1) is 5.77. The molecule has 3 nitrogen and oxygen atoms in total. The first kappa shape index (κ1) is 8.05. The van der Waals surface area contributed by atoms with Gasteiger partial charge in [-0.2, -0.15) is 0 Å². The number of hydrogen-bond donors (Lipinski definition) is 2. The van der Waals surface area contributed by atoms with E-state index in [4.69, 9.17) is 0 Å². The van der Waals surface area contributed by atoms with Crippen LogP contribution in [0.3, 0.4) is 0 Å². The third kappa shape index (κ3) is 1.04. The van der Waals surface area contributed by atoms with Gasteiger partial charge >= 0.3 is 0 Å².